The van der Waals surface area contributed by atoms with Crippen LogP contribution in [0, 0.1) is 0 Å². The maximum absolute atomic E-state index is 11.9. The van der Waals surface area contributed by atoms with E-state index in [0.29, 0.717) is 23.6 Å². The Hall–Kier alpha value is -2.30. The van der Waals surface area contributed by atoms with Gasteiger partial charge >= 0.3 is 0 Å². The van der Waals surface area contributed by atoms with Gasteiger partial charge in [0.2, 0.25) is 12.3 Å². The molecule has 0 unspecified atom stereocenters. The lowest BCUT2D eigenvalue weighted by molar-refractivity contribution is -0.117. The average molecular weight is 301 g/mol. The van der Waals surface area contributed by atoms with Gasteiger partial charge in [-0.1, -0.05) is 18.6 Å². The minimum absolute atomic E-state index is 0.149. The van der Waals surface area contributed by atoms with Crippen molar-refractivity contribution in [2.75, 3.05) is 19.4 Å². The van der Waals surface area contributed by atoms with Gasteiger partial charge in [-0.2, -0.15) is 0 Å². The molecule has 5 nitrogen and oxygen atoms in total. The highest BCUT2D eigenvalue weighted by molar-refractivity contribution is 6.01. The minimum atomic E-state index is -0.149. The zero-order valence-electron chi connectivity index (χ0n) is 13.3. The van der Waals surface area contributed by atoms with E-state index in [9.17, 15) is 9.59 Å². The molecule has 0 saturated heterocycles. The molecule has 1 aromatic carbocycles. The first-order chi connectivity index (χ1) is 10.6. The summed E-state index contributed by atoms with van der Waals surface area (Å²) in [6.07, 6.45) is 4.34. The van der Waals surface area contributed by atoms with Gasteiger partial charge in [0.25, 0.3) is 0 Å². The van der Waals surface area contributed by atoms with E-state index < -0.39 is 0 Å². The van der Waals surface area contributed by atoms with E-state index in [4.69, 9.17) is 0 Å². The number of hydrogen-bond acceptors (Lipinski definition) is 3. The molecule has 1 saturated carbocycles. The topological polar surface area (TPSA) is 70.2 Å². The Labute approximate surface area is 131 Å². The summed E-state index contributed by atoms with van der Waals surface area (Å²) < 4.78 is 0. The second-order valence-corrected chi connectivity index (χ2v) is 5.52. The van der Waals surface area contributed by atoms with E-state index in [-0.39, 0.29) is 5.91 Å². The molecule has 3 N–H and O–H groups in total. The SMILES string of the molecule is CNC(=O)/C(C)=C(\NC)c1ccc(C2CCC2)cc1NC=O. The van der Waals surface area contributed by atoms with Crippen LogP contribution in [0.3, 0.4) is 0 Å². The summed E-state index contributed by atoms with van der Waals surface area (Å²) >= 11 is 0. The molecule has 22 heavy (non-hydrogen) atoms. The first-order valence-corrected chi connectivity index (χ1v) is 7.57. The van der Waals surface area contributed by atoms with Crippen molar-refractivity contribution in [3.05, 3.63) is 34.9 Å². The predicted molar refractivity (Wildman–Crippen MR) is 88.4 cm³/mol. The summed E-state index contributed by atoms with van der Waals surface area (Å²) in [6, 6.07) is 6.07. The standard InChI is InChI=1S/C17H23N3O2/c1-11(17(22)19-3)16(18-2)14-8-7-13(12-5-4-6-12)9-15(14)20-10-21/h7-10,12,18H,4-6H2,1-3H3,(H,19,22)(H,20,21)/b16-11-. The van der Waals surface area contributed by atoms with Crippen LogP contribution in [0.5, 0.6) is 0 Å². The molecule has 0 heterocycles. The van der Waals surface area contributed by atoms with E-state index in [1.165, 1.54) is 24.8 Å². The number of hydrogen-bond donors (Lipinski definition) is 3. The fourth-order valence-electron chi connectivity index (χ4n) is 2.78. The van der Waals surface area contributed by atoms with Gasteiger partial charge in [0.1, 0.15) is 0 Å². The van der Waals surface area contributed by atoms with Crippen LogP contribution in [0.4, 0.5) is 5.69 Å². The Bertz CT molecular complexity index is 604. The predicted octanol–water partition coefficient (Wildman–Crippen LogP) is 2.22. The van der Waals surface area contributed by atoms with Gasteiger partial charge in [-0.25, -0.2) is 0 Å². The number of carbonyl (C=O) groups excluding carboxylic acids is 2. The lowest BCUT2D eigenvalue weighted by Crippen LogP contribution is -2.23. The highest BCUT2D eigenvalue weighted by Crippen LogP contribution is 2.38. The molecule has 118 valence electrons. The lowest BCUT2D eigenvalue weighted by atomic mass is 9.79. The highest BCUT2D eigenvalue weighted by atomic mass is 16.1. The van der Waals surface area contributed by atoms with Gasteiger partial charge in [-0.3, -0.25) is 9.59 Å². The molecular weight excluding hydrogens is 278 g/mol. The summed E-state index contributed by atoms with van der Waals surface area (Å²) in [5.74, 6) is 0.438. The largest absolute Gasteiger partial charge is 0.387 e. The van der Waals surface area contributed by atoms with E-state index in [2.05, 4.69) is 22.0 Å². The number of rotatable bonds is 6. The number of amides is 2. The molecular formula is C17H23N3O2. The van der Waals surface area contributed by atoms with Crippen molar-refractivity contribution < 1.29 is 9.59 Å². The van der Waals surface area contributed by atoms with Crippen LogP contribution in [0.25, 0.3) is 5.70 Å². The van der Waals surface area contributed by atoms with Crippen LogP contribution < -0.4 is 16.0 Å². The lowest BCUT2D eigenvalue weighted by Gasteiger charge is -2.27. The molecule has 0 bridgehead atoms. The Balaban J connectivity index is 2.47. The minimum Gasteiger partial charge on any atom is -0.387 e. The second kappa shape index (κ2) is 7.11. The number of benzene rings is 1. The summed E-state index contributed by atoms with van der Waals surface area (Å²) in [6.45, 7) is 1.76. The van der Waals surface area contributed by atoms with Gasteiger partial charge < -0.3 is 16.0 Å². The quantitative estimate of drug-likeness (QED) is 0.557. The van der Waals surface area contributed by atoms with Crippen LogP contribution in [0.15, 0.2) is 23.8 Å². The average Bonchev–Trinajstić information content (AvgIpc) is 2.47. The first-order valence-electron chi connectivity index (χ1n) is 7.57. The van der Waals surface area contributed by atoms with Crippen LogP contribution in [0.2, 0.25) is 0 Å². The Kier molecular flexibility index (Phi) is 5.20. The fourth-order valence-corrected chi connectivity index (χ4v) is 2.78. The molecule has 5 heteroatoms. The van der Waals surface area contributed by atoms with Crippen molar-refractivity contribution >= 4 is 23.7 Å². The van der Waals surface area contributed by atoms with Crippen LogP contribution in [-0.2, 0) is 9.59 Å². The van der Waals surface area contributed by atoms with Crippen LogP contribution in [0.1, 0.15) is 43.2 Å². The highest BCUT2D eigenvalue weighted by Gasteiger charge is 2.21. The van der Waals surface area contributed by atoms with Gasteiger partial charge in [0, 0.05) is 25.2 Å². The molecule has 2 rings (SSSR count). The number of nitrogens with one attached hydrogen (secondary N) is 3. The van der Waals surface area contributed by atoms with E-state index in [0.717, 1.165) is 11.3 Å². The molecule has 0 radical (unpaired) electrons. The molecule has 0 aliphatic heterocycles. The van der Waals surface area contributed by atoms with Crippen molar-refractivity contribution in [2.45, 2.75) is 32.1 Å². The zero-order chi connectivity index (χ0) is 16.1. The fraction of sp³-hybridized carbons (Fsp3) is 0.412. The third-order valence-corrected chi connectivity index (χ3v) is 4.30. The van der Waals surface area contributed by atoms with Crippen molar-refractivity contribution in [3.63, 3.8) is 0 Å². The molecule has 0 spiro atoms. The van der Waals surface area contributed by atoms with Crippen molar-refractivity contribution in [3.8, 4) is 0 Å². The Morgan fingerprint density at radius 1 is 1.23 bits per heavy atom. The molecule has 1 aromatic rings. The number of anilines is 1. The van der Waals surface area contributed by atoms with Crippen LogP contribution in [-0.4, -0.2) is 26.4 Å². The maximum atomic E-state index is 11.9. The molecule has 0 aromatic heterocycles. The smallest absolute Gasteiger partial charge is 0.248 e. The zero-order valence-corrected chi connectivity index (χ0v) is 13.3. The first kappa shape index (κ1) is 16.1. The monoisotopic (exact) mass is 301 g/mol. The maximum Gasteiger partial charge on any atom is 0.248 e. The van der Waals surface area contributed by atoms with Gasteiger partial charge in [-0.15, -0.1) is 0 Å². The third-order valence-electron chi connectivity index (χ3n) is 4.30. The summed E-state index contributed by atoms with van der Waals surface area (Å²) in [7, 11) is 3.37. The van der Waals surface area contributed by atoms with Gasteiger partial charge in [0.15, 0.2) is 0 Å². The summed E-state index contributed by atoms with van der Waals surface area (Å²) in [5.41, 5.74) is 4.08. The van der Waals surface area contributed by atoms with Crippen LogP contribution >= 0.6 is 0 Å². The van der Waals surface area contributed by atoms with Gasteiger partial charge in [-0.05, 0) is 37.3 Å². The molecule has 1 aliphatic carbocycles. The normalized spacial score (nSPS) is 15.4. The van der Waals surface area contributed by atoms with Crippen molar-refractivity contribution in [1.82, 2.24) is 10.6 Å². The summed E-state index contributed by atoms with van der Waals surface area (Å²) in [4.78, 5) is 22.8. The Morgan fingerprint density at radius 2 is 1.95 bits per heavy atom. The molecule has 0 atom stereocenters. The second-order valence-electron chi connectivity index (χ2n) is 5.52. The van der Waals surface area contributed by atoms with E-state index >= 15 is 0 Å². The van der Waals surface area contributed by atoms with E-state index in [1.807, 2.05) is 12.1 Å². The van der Waals surface area contributed by atoms with Gasteiger partial charge in [0.05, 0.1) is 11.4 Å². The number of carbonyl (C=O) groups is 2. The van der Waals surface area contributed by atoms with Crippen molar-refractivity contribution in [2.24, 2.45) is 0 Å². The molecule has 2 amide bonds. The molecule has 1 aliphatic rings. The summed E-state index contributed by atoms with van der Waals surface area (Å²) in [5, 5.41) is 8.45. The molecule has 1 fully saturated rings. The number of likely N-dealkylation sites (N-methyl/N-ethyl adjacent to an activating group) is 1. The van der Waals surface area contributed by atoms with E-state index in [1.54, 1.807) is 21.0 Å². The third kappa shape index (κ3) is 3.13. The Morgan fingerprint density at radius 3 is 2.45 bits per heavy atom. The van der Waals surface area contributed by atoms with Crippen molar-refractivity contribution in [1.29, 1.82) is 0 Å².